The molecule has 1 aromatic heterocycles. The van der Waals surface area contributed by atoms with Crippen molar-refractivity contribution in [3.63, 3.8) is 0 Å². The fourth-order valence-electron chi connectivity index (χ4n) is 2.49. The molecule has 1 heterocycles. The molecule has 1 aromatic carbocycles. The Morgan fingerprint density at radius 1 is 1.21 bits per heavy atom. The van der Waals surface area contributed by atoms with Gasteiger partial charge in [0, 0.05) is 24.7 Å². The summed E-state index contributed by atoms with van der Waals surface area (Å²) < 4.78 is 2.10. The summed E-state index contributed by atoms with van der Waals surface area (Å²) in [5.74, 6) is 0. The van der Waals surface area contributed by atoms with Crippen molar-refractivity contribution >= 4 is 0 Å². The Morgan fingerprint density at radius 2 is 1.95 bits per heavy atom. The van der Waals surface area contributed by atoms with E-state index in [1.165, 1.54) is 11.3 Å². The van der Waals surface area contributed by atoms with Gasteiger partial charge in [0.2, 0.25) is 0 Å². The van der Waals surface area contributed by atoms with Gasteiger partial charge in [0.05, 0.1) is 5.69 Å². The molecule has 0 amide bonds. The SMILES string of the molecule is CCNC(Cc1cc(C)nn1CC)c1ccccc1. The monoisotopic (exact) mass is 257 g/mol. The molecule has 0 saturated heterocycles. The minimum atomic E-state index is 0.354. The van der Waals surface area contributed by atoms with Crippen molar-refractivity contribution in [1.29, 1.82) is 0 Å². The highest BCUT2D eigenvalue weighted by molar-refractivity contribution is 5.22. The van der Waals surface area contributed by atoms with Crippen molar-refractivity contribution in [2.45, 2.75) is 39.8 Å². The van der Waals surface area contributed by atoms with Crippen molar-refractivity contribution in [3.8, 4) is 0 Å². The van der Waals surface area contributed by atoms with Crippen molar-refractivity contribution in [1.82, 2.24) is 15.1 Å². The Kier molecular flexibility index (Phi) is 4.74. The van der Waals surface area contributed by atoms with E-state index in [2.05, 4.69) is 72.3 Å². The maximum atomic E-state index is 4.52. The van der Waals surface area contributed by atoms with Crippen LogP contribution in [0.2, 0.25) is 0 Å². The lowest BCUT2D eigenvalue weighted by atomic mass is 10.0. The van der Waals surface area contributed by atoms with Gasteiger partial charge in [-0.2, -0.15) is 5.10 Å². The van der Waals surface area contributed by atoms with Gasteiger partial charge >= 0.3 is 0 Å². The maximum Gasteiger partial charge on any atom is 0.0596 e. The van der Waals surface area contributed by atoms with Crippen LogP contribution < -0.4 is 5.32 Å². The summed E-state index contributed by atoms with van der Waals surface area (Å²) in [6.07, 6.45) is 0.979. The van der Waals surface area contributed by atoms with E-state index in [1.807, 2.05) is 0 Å². The number of benzene rings is 1. The zero-order chi connectivity index (χ0) is 13.7. The highest BCUT2D eigenvalue weighted by Gasteiger charge is 2.14. The van der Waals surface area contributed by atoms with Crippen LogP contribution in [0.5, 0.6) is 0 Å². The van der Waals surface area contributed by atoms with Crippen LogP contribution >= 0.6 is 0 Å². The first-order valence-corrected chi connectivity index (χ1v) is 7.06. The van der Waals surface area contributed by atoms with E-state index in [-0.39, 0.29) is 0 Å². The van der Waals surface area contributed by atoms with Crippen molar-refractivity contribution < 1.29 is 0 Å². The third-order valence-corrected chi connectivity index (χ3v) is 3.35. The zero-order valence-corrected chi connectivity index (χ0v) is 12.1. The lowest BCUT2D eigenvalue weighted by molar-refractivity contribution is 0.516. The topological polar surface area (TPSA) is 29.9 Å². The molecule has 1 unspecified atom stereocenters. The van der Waals surface area contributed by atoms with Crippen LogP contribution in [-0.2, 0) is 13.0 Å². The van der Waals surface area contributed by atoms with Crippen LogP contribution in [0.25, 0.3) is 0 Å². The number of nitrogens with one attached hydrogen (secondary N) is 1. The minimum absolute atomic E-state index is 0.354. The Balaban J connectivity index is 2.21. The van der Waals surface area contributed by atoms with Gasteiger partial charge < -0.3 is 5.32 Å². The van der Waals surface area contributed by atoms with Crippen LogP contribution in [0.15, 0.2) is 36.4 Å². The lowest BCUT2D eigenvalue weighted by Crippen LogP contribution is -2.24. The number of hydrogen-bond acceptors (Lipinski definition) is 2. The predicted molar refractivity (Wildman–Crippen MR) is 79.2 cm³/mol. The molecule has 2 rings (SSSR count). The molecule has 102 valence electrons. The largest absolute Gasteiger partial charge is 0.310 e. The normalized spacial score (nSPS) is 12.6. The molecule has 0 radical (unpaired) electrons. The van der Waals surface area contributed by atoms with Gasteiger partial charge in [-0.15, -0.1) is 0 Å². The fourth-order valence-corrected chi connectivity index (χ4v) is 2.49. The summed E-state index contributed by atoms with van der Waals surface area (Å²) in [4.78, 5) is 0. The smallest absolute Gasteiger partial charge is 0.0596 e. The fraction of sp³-hybridized carbons (Fsp3) is 0.438. The molecule has 0 fully saturated rings. The molecule has 0 aliphatic heterocycles. The molecule has 0 aliphatic carbocycles. The molecule has 2 aromatic rings. The number of nitrogens with zero attached hydrogens (tertiary/aromatic N) is 2. The Bertz CT molecular complexity index is 502. The molecular weight excluding hydrogens is 234 g/mol. The van der Waals surface area contributed by atoms with Crippen LogP contribution in [0.1, 0.15) is 36.8 Å². The molecular formula is C16H23N3. The van der Waals surface area contributed by atoms with Crippen LogP contribution in [0, 0.1) is 6.92 Å². The third kappa shape index (κ3) is 3.44. The third-order valence-electron chi connectivity index (χ3n) is 3.35. The Morgan fingerprint density at radius 3 is 2.58 bits per heavy atom. The summed E-state index contributed by atoms with van der Waals surface area (Å²) in [6, 6.07) is 13.2. The summed E-state index contributed by atoms with van der Waals surface area (Å²) in [6.45, 7) is 8.25. The van der Waals surface area contributed by atoms with Crippen molar-refractivity contribution in [2.24, 2.45) is 0 Å². The Labute approximate surface area is 115 Å². The van der Waals surface area contributed by atoms with Crippen molar-refractivity contribution in [2.75, 3.05) is 6.54 Å². The maximum absolute atomic E-state index is 4.52. The quantitative estimate of drug-likeness (QED) is 0.861. The molecule has 3 nitrogen and oxygen atoms in total. The van der Waals surface area contributed by atoms with Crippen LogP contribution in [0.3, 0.4) is 0 Å². The molecule has 0 aliphatic rings. The lowest BCUT2D eigenvalue weighted by Gasteiger charge is -2.18. The second kappa shape index (κ2) is 6.53. The molecule has 0 saturated carbocycles. The molecule has 1 atom stereocenters. The van der Waals surface area contributed by atoms with Crippen LogP contribution in [-0.4, -0.2) is 16.3 Å². The number of hydrogen-bond donors (Lipinski definition) is 1. The minimum Gasteiger partial charge on any atom is -0.310 e. The summed E-state index contributed by atoms with van der Waals surface area (Å²) in [7, 11) is 0. The van der Waals surface area contributed by atoms with Gasteiger partial charge in [-0.25, -0.2) is 0 Å². The summed E-state index contributed by atoms with van der Waals surface area (Å²) in [5.41, 5.74) is 3.74. The molecule has 1 N–H and O–H groups in total. The molecule has 0 bridgehead atoms. The summed E-state index contributed by atoms with van der Waals surface area (Å²) >= 11 is 0. The molecule has 0 spiro atoms. The standard InChI is InChI=1S/C16H23N3/c1-4-17-16(14-9-7-6-8-10-14)12-15-11-13(3)18-19(15)5-2/h6-11,16-17H,4-5,12H2,1-3H3. The van der Waals surface area contributed by atoms with E-state index in [4.69, 9.17) is 0 Å². The zero-order valence-electron chi connectivity index (χ0n) is 12.1. The molecule has 3 heteroatoms. The number of rotatable bonds is 6. The van der Waals surface area contributed by atoms with Gasteiger partial charge in [0.1, 0.15) is 0 Å². The first-order chi connectivity index (χ1) is 9.24. The van der Waals surface area contributed by atoms with Gasteiger partial charge in [-0.3, -0.25) is 4.68 Å². The average Bonchev–Trinajstić information content (AvgIpc) is 2.79. The number of likely N-dealkylation sites (N-methyl/N-ethyl adjacent to an activating group) is 1. The second-order valence-corrected chi connectivity index (χ2v) is 4.82. The highest BCUT2D eigenvalue weighted by Crippen LogP contribution is 2.19. The average molecular weight is 257 g/mol. The number of aryl methyl sites for hydroxylation is 2. The van der Waals surface area contributed by atoms with Gasteiger partial charge in [0.25, 0.3) is 0 Å². The van der Waals surface area contributed by atoms with Gasteiger partial charge in [0.15, 0.2) is 0 Å². The second-order valence-electron chi connectivity index (χ2n) is 4.82. The first-order valence-electron chi connectivity index (χ1n) is 7.06. The van der Waals surface area contributed by atoms with E-state index in [0.29, 0.717) is 6.04 Å². The van der Waals surface area contributed by atoms with Gasteiger partial charge in [-0.1, -0.05) is 37.3 Å². The number of aromatic nitrogens is 2. The van der Waals surface area contributed by atoms with Gasteiger partial charge in [-0.05, 0) is 32.0 Å². The Hall–Kier alpha value is -1.61. The highest BCUT2D eigenvalue weighted by atomic mass is 15.3. The summed E-state index contributed by atoms with van der Waals surface area (Å²) in [5, 5.41) is 8.09. The van der Waals surface area contributed by atoms with Crippen molar-refractivity contribution in [3.05, 3.63) is 53.3 Å². The predicted octanol–water partition coefficient (Wildman–Crippen LogP) is 3.10. The first kappa shape index (κ1) is 13.8. The van der Waals surface area contributed by atoms with E-state index < -0.39 is 0 Å². The van der Waals surface area contributed by atoms with E-state index >= 15 is 0 Å². The van der Waals surface area contributed by atoms with Crippen LogP contribution in [0.4, 0.5) is 0 Å². The van der Waals surface area contributed by atoms with E-state index in [9.17, 15) is 0 Å². The van der Waals surface area contributed by atoms with E-state index in [0.717, 1.165) is 25.2 Å². The molecule has 19 heavy (non-hydrogen) atoms. The van der Waals surface area contributed by atoms with E-state index in [1.54, 1.807) is 0 Å².